The van der Waals surface area contributed by atoms with Gasteiger partial charge in [0.1, 0.15) is 22.7 Å². The van der Waals surface area contributed by atoms with E-state index < -0.39 is 0 Å². The van der Waals surface area contributed by atoms with Crippen LogP contribution in [0.15, 0.2) is 234 Å². The molecule has 95 heavy (non-hydrogen) atoms. The summed E-state index contributed by atoms with van der Waals surface area (Å²) in [5.41, 5.74) is 24.6. The highest BCUT2D eigenvalue weighted by molar-refractivity contribution is 7.26. The summed E-state index contributed by atoms with van der Waals surface area (Å²) in [5, 5.41) is 18.8. The third-order valence-corrected chi connectivity index (χ3v) is 21.7. The Morgan fingerprint density at radius 1 is 0.463 bits per heavy atom. The summed E-state index contributed by atoms with van der Waals surface area (Å²) in [6.45, 7) is 20.5. The van der Waals surface area contributed by atoms with E-state index in [0.717, 1.165) is 134 Å². The van der Waals surface area contributed by atoms with E-state index in [1.807, 2.05) is 11.3 Å². The summed E-state index contributed by atoms with van der Waals surface area (Å²) in [5.74, 6) is 1.62. The second-order valence-electron chi connectivity index (χ2n) is 29.5. The highest BCUT2D eigenvalue weighted by Gasteiger charge is 2.44. The molecule has 18 rings (SSSR count). The Morgan fingerprint density at radius 3 is 1.86 bits per heavy atom. The molecule has 458 valence electrons. The molecule has 0 bridgehead atoms. The van der Waals surface area contributed by atoms with E-state index in [2.05, 4.69) is 313 Å². The lowest BCUT2D eigenvalue weighted by Crippen LogP contribution is -2.59. The van der Waals surface area contributed by atoms with Crippen molar-refractivity contribution in [3.8, 4) is 51.2 Å². The van der Waals surface area contributed by atoms with Gasteiger partial charge in [-0.15, -0.1) is 11.3 Å². The standard InChI is InChI=1S/C87H69BN4O2S/c1-85(2,3)54-30-37-71(63(45-54)52-21-11-10-12-22-52)92-74-48-57(90-69-27-17-14-23-60(69)64-42-51(50-89)20-13-16-28-70(64)90)33-35-67(74)88-68-36-34-58(91-72-38-31-55(86(4,5)6)46-65(72)66-47-56(87(7,8)9)32-39-73(66)91)49-77(68)93-78-44-53(43-75(92)83(78)88)59-25-19-26-62-81-76(94-84(59)62)40-41-80-82(81)61-24-15-18-29-79(61)95-80/h10-19,21-27,29-49H,20,28H2,1-9H3/b16-13-,51-42+. The largest absolute Gasteiger partial charge is 0.458 e. The SMILES string of the molecule is CC(C)(C)c1ccc(N2c3cc(-n4c5c(c6ccccc64)/C=C(/C#N)C/C=C\C5)ccc3B3c4ccc(-n5c6ccc(C(C)(C)C)cc6c6cc(C(C)(C)C)ccc65)cc4Oc4cc(-c5cccc6c5oc5ccc7sc8ccccc8c7c56)cc2c43)c(-c2ccccc2)c1. The van der Waals surface area contributed by atoms with Crippen LogP contribution in [0.25, 0.3) is 115 Å². The maximum Gasteiger partial charge on any atom is 0.256 e. The molecule has 0 saturated carbocycles. The normalized spacial score (nSPS) is 14.8. The molecular formula is C87H69BN4O2S. The van der Waals surface area contributed by atoms with Crippen molar-refractivity contribution in [2.24, 2.45) is 0 Å². The first-order chi connectivity index (χ1) is 45.9. The minimum Gasteiger partial charge on any atom is -0.458 e. The minimum atomic E-state index is -0.240. The molecule has 8 heteroatoms. The lowest BCUT2D eigenvalue weighted by Gasteiger charge is -2.41. The Balaban J connectivity index is 0.933. The Labute approximate surface area is 558 Å². The fourth-order valence-corrected chi connectivity index (χ4v) is 16.8. The molecule has 15 aromatic rings. The van der Waals surface area contributed by atoms with Gasteiger partial charge in [0.15, 0.2) is 0 Å². The zero-order valence-electron chi connectivity index (χ0n) is 54.9. The number of allylic oxidation sites excluding steroid dienone is 3. The number of aromatic nitrogens is 2. The van der Waals surface area contributed by atoms with Gasteiger partial charge < -0.3 is 23.2 Å². The van der Waals surface area contributed by atoms with Crippen LogP contribution < -0.4 is 26.0 Å². The van der Waals surface area contributed by atoms with Gasteiger partial charge in [0.2, 0.25) is 0 Å². The molecule has 0 unspecified atom stereocenters. The van der Waals surface area contributed by atoms with Gasteiger partial charge in [-0.25, -0.2) is 0 Å². The third kappa shape index (κ3) is 8.82. The summed E-state index contributed by atoms with van der Waals surface area (Å²) < 4.78 is 22.4. The van der Waals surface area contributed by atoms with Gasteiger partial charge in [-0.05, 0) is 158 Å². The molecule has 0 amide bonds. The smallest absolute Gasteiger partial charge is 0.256 e. The van der Waals surface area contributed by atoms with E-state index >= 15 is 0 Å². The van der Waals surface area contributed by atoms with Crippen molar-refractivity contribution in [2.45, 2.75) is 91.4 Å². The molecular weight excluding hydrogens is 1180 g/mol. The lowest BCUT2D eigenvalue weighted by molar-refractivity contribution is 0.487. The van der Waals surface area contributed by atoms with Crippen molar-refractivity contribution >= 4 is 132 Å². The van der Waals surface area contributed by atoms with Crippen LogP contribution in [-0.4, -0.2) is 15.8 Å². The summed E-state index contributed by atoms with van der Waals surface area (Å²) in [7, 11) is 0. The topological polar surface area (TPSA) is 59.3 Å². The summed E-state index contributed by atoms with van der Waals surface area (Å²) >= 11 is 1.83. The average molecular weight is 1250 g/mol. The molecule has 6 nitrogen and oxygen atoms in total. The van der Waals surface area contributed by atoms with Crippen molar-refractivity contribution < 1.29 is 9.15 Å². The van der Waals surface area contributed by atoms with Crippen molar-refractivity contribution in [3.63, 3.8) is 0 Å². The highest BCUT2D eigenvalue weighted by atomic mass is 32.1. The van der Waals surface area contributed by atoms with Crippen LogP contribution in [0.5, 0.6) is 11.5 Å². The van der Waals surface area contributed by atoms with Crippen molar-refractivity contribution in [2.75, 3.05) is 4.90 Å². The molecule has 0 atom stereocenters. The molecule has 3 aliphatic rings. The van der Waals surface area contributed by atoms with Gasteiger partial charge >= 0.3 is 0 Å². The maximum atomic E-state index is 10.5. The number of anilines is 3. The molecule has 0 N–H and O–H groups in total. The van der Waals surface area contributed by atoms with Crippen LogP contribution in [0.4, 0.5) is 17.1 Å². The van der Waals surface area contributed by atoms with Crippen molar-refractivity contribution in [3.05, 3.63) is 258 Å². The lowest BCUT2D eigenvalue weighted by atomic mass is 9.34. The monoisotopic (exact) mass is 1240 g/mol. The van der Waals surface area contributed by atoms with E-state index in [-0.39, 0.29) is 23.0 Å². The molecule has 0 fully saturated rings. The van der Waals surface area contributed by atoms with Gasteiger partial charge in [-0.1, -0.05) is 190 Å². The predicted octanol–water partition coefficient (Wildman–Crippen LogP) is 22.0. The van der Waals surface area contributed by atoms with E-state index in [1.165, 1.54) is 53.1 Å². The van der Waals surface area contributed by atoms with E-state index in [9.17, 15) is 5.26 Å². The summed E-state index contributed by atoms with van der Waals surface area (Å²) in [4.78, 5) is 2.55. The molecule has 1 aliphatic carbocycles. The number of rotatable bonds is 5. The fourth-order valence-electron chi connectivity index (χ4n) is 15.7. The number of ether oxygens (including phenoxy) is 1. The molecule has 0 spiro atoms. The van der Waals surface area contributed by atoms with Crippen LogP contribution >= 0.6 is 11.3 Å². The number of fused-ring (bicyclic) bond motifs is 17. The van der Waals surface area contributed by atoms with Crippen LogP contribution in [0.2, 0.25) is 0 Å². The number of para-hydroxylation sites is 2. The second-order valence-corrected chi connectivity index (χ2v) is 30.5. The van der Waals surface area contributed by atoms with Crippen LogP contribution in [0.3, 0.4) is 0 Å². The molecule has 2 aliphatic heterocycles. The highest BCUT2D eigenvalue weighted by Crippen LogP contribution is 2.51. The zero-order chi connectivity index (χ0) is 64.6. The Bertz CT molecular complexity index is 5850. The van der Waals surface area contributed by atoms with Crippen LogP contribution in [-0.2, 0) is 22.7 Å². The quantitative estimate of drug-likeness (QED) is 0.127. The summed E-state index contributed by atoms with van der Waals surface area (Å²) in [6.07, 6.45) is 7.81. The van der Waals surface area contributed by atoms with Gasteiger partial charge in [0.05, 0.1) is 28.3 Å². The summed E-state index contributed by atoms with van der Waals surface area (Å²) in [6, 6.07) is 82.0. The third-order valence-electron chi connectivity index (χ3n) is 20.6. The fraction of sp³-hybridized carbons (Fsp3) is 0.161. The van der Waals surface area contributed by atoms with E-state index in [4.69, 9.17) is 9.15 Å². The van der Waals surface area contributed by atoms with Gasteiger partial charge in [-0.3, -0.25) is 0 Å². The average Bonchev–Trinajstić information content (AvgIpc) is 1.52. The number of benzene rings is 11. The van der Waals surface area contributed by atoms with Gasteiger partial charge in [0, 0.05) is 117 Å². The maximum absolute atomic E-state index is 10.5. The number of hydrogen-bond acceptors (Lipinski definition) is 5. The Kier molecular flexibility index (Phi) is 12.4. The number of nitriles is 1. The predicted molar refractivity (Wildman–Crippen MR) is 402 cm³/mol. The van der Waals surface area contributed by atoms with Crippen LogP contribution in [0, 0.1) is 11.3 Å². The van der Waals surface area contributed by atoms with Gasteiger partial charge in [-0.2, -0.15) is 5.26 Å². The van der Waals surface area contributed by atoms with Crippen molar-refractivity contribution in [1.82, 2.24) is 9.13 Å². The second kappa shape index (κ2) is 20.7. The number of thiophene rings is 1. The van der Waals surface area contributed by atoms with Crippen LogP contribution in [0.1, 0.15) is 96.7 Å². The Morgan fingerprint density at radius 2 is 1.12 bits per heavy atom. The van der Waals surface area contributed by atoms with Crippen molar-refractivity contribution in [1.29, 1.82) is 5.26 Å². The first-order valence-corrected chi connectivity index (χ1v) is 34.1. The first kappa shape index (κ1) is 57.1. The van der Waals surface area contributed by atoms with E-state index in [0.29, 0.717) is 12.8 Å². The number of nitrogens with zero attached hydrogens (tertiary/aromatic N) is 4. The molecule has 11 aromatic carbocycles. The Hall–Kier alpha value is -10.6. The number of hydrogen-bond donors (Lipinski definition) is 0. The minimum absolute atomic E-state index is 0.0351. The first-order valence-electron chi connectivity index (χ1n) is 33.3. The molecule has 0 radical (unpaired) electrons. The zero-order valence-corrected chi connectivity index (χ0v) is 55.8. The van der Waals surface area contributed by atoms with E-state index in [1.54, 1.807) is 0 Å². The number of furan rings is 1. The molecule has 4 aromatic heterocycles. The molecule has 0 saturated heterocycles. The molecule has 6 heterocycles. The van der Waals surface area contributed by atoms with Gasteiger partial charge in [0.25, 0.3) is 6.71 Å².